The highest BCUT2D eigenvalue weighted by Gasteiger charge is 2.29. The highest BCUT2D eigenvalue weighted by atomic mass is 16.4. The zero-order chi connectivity index (χ0) is 15.4. The molecule has 0 atom stereocenters. The van der Waals surface area contributed by atoms with Gasteiger partial charge in [-0.05, 0) is 44.7 Å². The standard InChI is InChI=1S/C16H20N2O3/c1-11(2)18(10-12-5-6-12)16(21)15-13(4-3-9-17-15)7-8-14(19)20/h3-4,7-9,11-12H,5-6,10H2,1-2H3,(H,19,20)/b8-7+. The molecule has 0 bridgehead atoms. The van der Waals surface area contributed by atoms with Gasteiger partial charge < -0.3 is 10.0 Å². The van der Waals surface area contributed by atoms with Gasteiger partial charge in [0.25, 0.3) is 5.91 Å². The number of carbonyl (C=O) groups excluding carboxylic acids is 1. The Morgan fingerprint density at radius 2 is 2.19 bits per heavy atom. The van der Waals surface area contributed by atoms with Crippen LogP contribution in [0, 0.1) is 5.92 Å². The van der Waals surface area contributed by atoms with Crippen LogP contribution in [0.25, 0.3) is 6.08 Å². The summed E-state index contributed by atoms with van der Waals surface area (Å²) in [5.41, 5.74) is 0.843. The summed E-state index contributed by atoms with van der Waals surface area (Å²) >= 11 is 0. The van der Waals surface area contributed by atoms with Gasteiger partial charge in [0, 0.05) is 30.4 Å². The van der Waals surface area contributed by atoms with Gasteiger partial charge >= 0.3 is 5.97 Å². The zero-order valence-electron chi connectivity index (χ0n) is 12.3. The Balaban J connectivity index is 2.26. The van der Waals surface area contributed by atoms with Crippen LogP contribution in [0.5, 0.6) is 0 Å². The molecule has 0 saturated heterocycles. The number of amides is 1. The minimum absolute atomic E-state index is 0.0939. The van der Waals surface area contributed by atoms with Crippen LogP contribution in [0.3, 0.4) is 0 Å². The third-order valence-corrected chi connectivity index (χ3v) is 3.48. The Bertz CT molecular complexity index is 562. The second kappa shape index (κ2) is 6.52. The molecule has 1 heterocycles. The number of aromatic nitrogens is 1. The smallest absolute Gasteiger partial charge is 0.328 e. The molecule has 1 aromatic heterocycles. The van der Waals surface area contributed by atoms with Crippen molar-refractivity contribution in [1.82, 2.24) is 9.88 Å². The molecule has 0 aromatic carbocycles. The third-order valence-electron chi connectivity index (χ3n) is 3.48. The van der Waals surface area contributed by atoms with E-state index in [1.807, 2.05) is 18.7 Å². The lowest BCUT2D eigenvalue weighted by molar-refractivity contribution is -0.131. The zero-order valence-corrected chi connectivity index (χ0v) is 12.3. The molecule has 1 aliphatic carbocycles. The van der Waals surface area contributed by atoms with Crippen molar-refractivity contribution in [2.24, 2.45) is 5.92 Å². The Hall–Kier alpha value is -2.17. The van der Waals surface area contributed by atoms with Gasteiger partial charge in [-0.25, -0.2) is 4.79 Å². The Kier molecular flexibility index (Phi) is 4.73. The lowest BCUT2D eigenvalue weighted by atomic mass is 10.1. The van der Waals surface area contributed by atoms with Crippen molar-refractivity contribution in [2.45, 2.75) is 32.7 Å². The van der Waals surface area contributed by atoms with E-state index in [-0.39, 0.29) is 11.9 Å². The van der Waals surface area contributed by atoms with Crippen molar-refractivity contribution in [3.63, 3.8) is 0 Å². The SMILES string of the molecule is CC(C)N(CC1CC1)C(=O)c1ncccc1/C=C/C(=O)O. The second-order valence-electron chi connectivity index (χ2n) is 5.61. The van der Waals surface area contributed by atoms with Crippen molar-refractivity contribution in [1.29, 1.82) is 0 Å². The summed E-state index contributed by atoms with van der Waals surface area (Å²) in [4.78, 5) is 29.3. The maximum Gasteiger partial charge on any atom is 0.328 e. The molecule has 5 heteroatoms. The largest absolute Gasteiger partial charge is 0.478 e. The molecule has 0 spiro atoms. The van der Waals surface area contributed by atoms with Gasteiger partial charge in [0.1, 0.15) is 5.69 Å². The van der Waals surface area contributed by atoms with Gasteiger partial charge in [0.15, 0.2) is 0 Å². The second-order valence-corrected chi connectivity index (χ2v) is 5.61. The predicted octanol–water partition coefficient (Wildman–Crippen LogP) is 2.44. The number of carboxylic acid groups (broad SMARTS) is 1. The van der Waals surface area contributed by atoms with Crippen LogP contribution in [0.15, 0.2) is 24.4 Å². The molecule has 5 nitrogen and oxygen atoms in total. The number of carbonyl (C=O) groups is 2. The monoisotopic (exact) mass is 288 g/mol. The molecule has 1 saturated carbocycles. The van der Waals surface area contributed by atoms with Crippen LogP contribution in [-0.4, -0.2) is 39.5 Å². The van der Waals surface area contributed by atoms with Crippen molar-refractivity contribution >= 4 is 18.0 Å². The van der Waals surface area contributed by atoms with Gasteiger partial charge in [-0.3, -0.25) is 9.78 Å². The topological polar surface area (TPSA) is 70.5 Å². The van der Waals surface area contributed by atoms with Gasteiger partial charge in [-0.15, -0.1) is 0 Å². The third kappa shape index (κ3) is 4.15. The van der Waals surface area contributed by atoms with E-state index in [1.165, 1.54) is 18.9 Å². The number of nitrogens with zero attached hydrogens (tertiary/aromatic N) is 2. The van der Waals surface area contributed by atoms with E-state index >= 15 is 0 Å². The van der Waals surface area contributed by atoms with Crippen molar-refractivity contribution in [3.8, 4) is 0 Å². The highest BCUT2D eigenvalue weighted by Crippen LogP contribution is 2.31. The van der Waals surface area contributed by atoms with E-state index < -0.39 is 5.97 Å². The summed E-state index contributed by atoms with van der Waals surface area (Å²) < 4.78 is 0. The Labute approximate surface area is 124 Å². The summed E-state index contributed by atoms with van der Waals surface area (Å²) in [6.45, 7) is 4.71. The maximum absolute atomic E-state index is 12.7. The molecule has 2 rings (SSSR count). The van der Waals surface area contributed by atoms with E-state index in [2.05, 4.69) is 4.98 Å². The molecule has 1 fully saturated rings. The number of rotatable bonds is 6. The van der Waals surface area contributed by atoms with Crippen LogP contribution < -0.4 is 0 Å². The Morgan fingerprint density at radius 1 is 1.48 bits per heavy atom. The molecule has 1 aliphatic rings. The van der Waals surface area contributed by atoms with E-state index in [0.717, 1.165) is 12.6 Å². The van der Waals surface area contributed by atoms with Crippen LogP contribution >= 0.6 is 0 Å². The first-order chi connectivity index (χ1) is 9.99. The van der Waals surface area contributed by atoms with Crippen LogP contribution in [0.1, 0.15) is 42.7 Å². The summed E-state index contributed by atoms with van der Waals surface area (Å²) in [5, 5.41) is 8.73. The molecule has 1 aromatic rings. The first-order valence-electron chi connectivity index (χ1n) is 7.16. The summed E-state index contributed by atoms with van der Waals surface area (Å²) in [6, 6.07) is 3.49. The molecular weight excluding hydrogens is 268 g/mol. The molecule has 1 amide bonds. The van der Waals surface area contributed by atoms with Crippen molar-refractivity contribution in [3.05, 3.63) is 35.7 Å². The molecule has 112 valence electrons. The number of carboxylic acids is 1. The fourth-order valence-electron chi connectivity index (χ4n) is 2.13. The lowest BCUT2D eigenvalue weighted by Crippen LogP contribution is -2.39. The van der Waals surface area contributed by atoms with Gasteiger partial charge in [0.2, 0.25) is 0 Å². The van der Waals surface area contributed by atoms with E-state index in [0.29, 0.717) is 17.2 Å². The average molecular weight is 288 g/mol. The quantitative estimate of drug-likeness (QED) is 0.816. The number of hydrogen-bond donors (Lipinski definition) is 1. The normalized spacial score (nSPS) is 14.6. The molecular formula is C16H20N2O3. The van der Waals surface area contributed by atoms with E-state index in [9.17, 15) is 9.59 Å². The van der Waals surface area contributed by atoms with Gasteiger partial charge in [-0.2, -0.15) is 0 Å². The fraction of sp³-hybridized carbons (Fsp3) is 0.438. The lowest BCUT2D eigenvalue weighted by Gasteiger charge is -2.27. The van der Waals surface area contributed by atoms with Gasteiger partial charge in [0.05, 0.1) is 0 Å². The van der Waals surface area contributed by atoms with E-state index in [4.69, 9.17) is 5.11 Å². The fourth-order valence-corrected chi connectivity index (χ4v) is 2.13. The minimum atomic E-state index is -1.05. The van der Waals surface area contributed by atoms with Crippen LogP contribution in [-0.2, 0) is 4.79 Å². The molecule has 0 radical (unpaired) electrons. The number of pyridine rings is 1. The molecule has 0 unspecified atom stereocenters. The maximum atomic E-state index is 12.7. The van der Waals surface area contributed by atoms with Crippen LogP contribution in [0.2, 0.25) is 0 Å². The summed E-state index contributed by atoms with van der Waals surface area (Å²) in [7, 11) is 0. The van der Waals surface area contributed by atoms with Crippen LogP contribution in [0.4, 0.5) is 0 Å². The highest BCUT2D eigenvalue weighted by molar-refractivity contribution is 5.97. The average Bonchev–Trinajstić information content (AvgIpc) is 3.26. The number of aliphatic carboxylic acids is 1. The van der Waals surface area contributed by atoms with Crippen molar-refractivity contribution < 1.29 is 14.7 Å². The van der Waals surface area contributed by atoms with E-state index in [1.54, 1.807) is 18.3 Å². The molecule has 0 aliphatic heterocycles. The Morgan fingerprint density at radius 3 is 2.76 bits per heavy atom. The minimum Gasteiger partial charge on any atom is -0.478 e. The molecule has 21 heavy (non-hydrogen) atoms. The summed E-state index contributed by atoms with van der Waals surface area (Å²) in [6.07, 6.45) is 6.34. The predicted molar refractivity (Wildman–Crippen MR) is 79.8 cm³/mol. The van der Waals surface area contributed by atoms with Crippen molar-refractivity contribution in [2.75, 3.05) is 6.54 Å². The number of hydrogen-bond acceptors (Lipinski definition) is 3. The molecule has 1 N–H and O–H groups in total. The first kappa shape index (κ1) is 15.2. The first-order valence-corrected chi connectivity index (χ1v) is 7.16. The summed E-state index contributed by atoms with van der Waals surface area (Å²) in [5.74, 6) is -0.587. The van der Waals surface area contributed by atoms with Gasteiger partial charge in [-0.1, -0.05) is 6.07 Å².